The van der Waals surface area contributed by atoms with Gasteiger partial charge >= 0.3 is 0 Å². The van der Waals surface area contributed by atoms with Crippen molar-refractivity contribution in [2.75, 3.05) is 19.6 Å². The zero-order valence-electron chi connectivity index (χ0n) is 12.4. The molecule has 2 aliphatic heterocycles. The average molecular weight is 270 g/mol. The van der Waals surface area contributed by atoms with Gasteiger partial charge in [0.1, 0.15) is 0 Å². The van der Waals surface area contributed by atoms with Gasteiger partial charge in [0.15, 0.2) is 0 Å². The molecule has 20 heavy (non-hydrogen) atoms. The van der Waals surface area contributed by atoms with Gasteiger partial charge in [-0.1, -0.05) is 30.7 Å². The molecule has 0 aromatic heterocycles. The van der Waals surface area contributed by atoms with Crippen molar-refractivity contribution in [3.05, 3.63) is 35.4 Å². The second kappa shape index (κ2) is 5.50. The van der Waals surface area contributed by atoms with Crippen LogP contribution in [0.3, 0.4) is 0 Å². The van der Waals surface area contributed by atoms with E-state index in [1.807, 2.05) is 0 Å². The third-order valence-electron chi connectivity index (χ3n) is 5.76. The number of fused-ring (bicyclic) bond motifs is 2. The summed E-state index contributed by atoms with van der Waals surface area (Å²) >= 11 is 0. The molecular weight excluding hydrogens is 244 g/mol. The predicted octanol–water partition coefficient (Wildman–Crippen LogP) is 2.82. The summed E-state index contributed by atoms with van der Waals surface area (Å²) in [6, 6.07) is 9.79. The normalized spacial score (nSPS) is 33.7. The number of nitrogens with zero attached hydrogens (tertiary/aromatic N) is 1. The molecule has 108 valence electrons. The Morgan fingerprint density at radius 2 is 2.00 bits per heavy atom. The zero-order valence-corrected chi connectivity index (χ0v) is 12.4. The predicted molar refractivity (Wildman–Crippen MR) is 82.7 cm³/mol. The third kappa shape index (κ3) is 2.40. The molecule has 2 nitrogen and oxygen atoms in total. The number of hydrogen-bond donors (Lipinski definition) is 1. The minimum atomic E-state index is 0.757. The molecule has 3 unspecified atom stereocenters. The summed E-state index contributed by atoms with van der Waals surface area (Å²) in [6.07, 6.45) is 6.98. The third-order valence-corrected chi connectivity index (χ3v) is 5.76. The van der Waals surface area contributed by atoms with Gasteiger partial charge in [0.25, 0.3) is 0 Å². The quantitative estimate of drug-likeness (QED) is 0.889. The van der Waals surface area contributed by atoms with Crippen LogP contribution < -0.4 is 5.32 Å². The minimum Gasteiger partial charge on any atom is -0.312 e. The summed E-state index contributed by atoms with van der Waals surface area (Å²) in [6.45, 7) is 4.96. The number of hydrogen-bond acceptors (Lipinski definition) is 2. The first-order valence-corrected chi connectivity index (χ1v) is 8.43. The Hall–Kier alpha value is -0.860. The van der Waals surface area contributed by atoms with Crippen molar-refractivity contribution < 1.29 is 0 Å². The SMILES string of the molecule is c1ccc2c(c1)CCCN(CC1NCC3CCCC31)C2. The first-order valence-electron chi connectivity index (χ1n) is 8.43. The highest BCUT2D eigenvalue weighted by Gasteiger charge is 2.39. The summed E-state index contributed by atoms with van der Waals surface area (Å²) < 4.78 is 0. The van der Waals surface area contributed by atoms with E-state index in [1.54, 1.807) is 11.1 Å². The highest BCUT2D eigenvalue weighted by molar-refractivity contribution is 5.28. The first kappa shape index (κ1) is 12.8. The van der Waals surface area contributed by atoms with Gasteiger partial charge in [-0.25, -0.2) is 0 Å². The Morgan fingerprint density at radius 3 is 2.95 bits per heavy atom. The molecule has 3 aliphatic rings. The van der Waals surface area contributed by atoms with Crippen LogP contribution in [0, 0.1) is 11.8 Å². The van der Waals surface area contributed by atoms with E-state index in [-0.39, 0.29) is 0 Å². The second-order valence-corrected chi connectivity index (χ2v) is 6.98. The Balaban J connectivity index is 1.44. The molecule has 2 heteroatoms. The lowest BCUT2D eigenvalue weighted by molar-refractivity contribution is 0.221. The number of rotatable bonds is 2. The maximum Gasteiger partial charge on any atom is 0.0237 e. The smallest absolute Gasteiger partial charge is 0.0237 e. The fourth-order valence-corrected chi connectivity index (χ4v) is 4.71. The summed E-state index contributed by atoms with van der Waals surface area (Å²) in [5.74, 6) is 1.95. The molecule has 1 saturated carbocycles. The van der Waals surface area contributed by atoms with Crippen LogP contribution in [0.5, 0.6) is 0 Å². The van der Waals surface area contributed by atoms with E-state index >= 15 is 0 Å². The minimum absolute atomic E-state index is 0.757. The van der Waals surface area contributed by atoms with Gasteiger partial charge < -0.3 is 5.32 Å². The van der Waals surface area contributed by atoms with Crippen molar-refractivity contribution in [1.29, 1.82) is 0 Å². The lowest BCUT2D eigenvalue weighted by Gasteiger charge is -2.27. The van der Waals surface area contributed by atoms with Crippen LogP contribution in [0.25, 0.3) is 0 Å². The molecule has 3 atom stereocenters. The lowest BCUT2D eigenvalue weighted by atomic mass is 9.94. The van der Waals surface area contributed by atoms with Crippen LogP contribution in [-0.4, -0.2) is 30.6 Å². The van der Waals surface area contributed by atoms with Crippen molar-refractivity contribution in [2.24, 2.45) is 11.8 Å². The number of aryl methyl sites for hydroxylation is 1. The fourth-order valence-electron chi connectivity index (χ4n) is 4.71. The van der Waals surface area contributed by atoms with Crippen molar-refractivity contribution in [3.8, 4) is 0 Å². The molecular formula is C18H26N2. The highest BCUT2D eigenvalue weighted by atomic mass is 15.2. The van der Waals surface area contributed by atoms with Gasteiger partial charge in [0.2, 0.25) is 0 Å². The average Bonchev–Trinajstić information content (AvgIpc) is 2.99. The Labute approximate surface area is 122 Å². The topological polar surface area (TPSA) is 15.3 Å². The van der Waals surface area contributed by atoms with Crippen LogP contribution in [0.4, 0.5) is 0 Å². The van der Waals surface area contributed by atoms with Crippen LogP contribution >= 0.6 is 0 Å². The monoisotopic (exact) mass is 270 g/mol. The Kier molecular flexibility index (Phi) is 3.53. The van der Waals surface area contributed by atoms with E-state index in [0.29, 0.717) is 0 Å². The molecule has 2 fully saturated rings. The molecule has 1 aliphatic carbocycles. The molecule has 2 heterocycles. The molecule has 1 saturated heterocycles. The summed E-state index contributed by atoms with van der Waals surface area (Å²) in [4.78, 5) is 2.70. The first-order chi connectivity index (χ1) is 9.90. The van der Waals surface area contributed by atoms with Crippen LogP contribution in [0.15, 0.2) is 24.3 Å². The Bertz CT molecular complexity index is 470. The van der Waals surface area contributed by atoms with Gasteiger partial charge in [-0.3, -0.25) is 4.90 Å². The van der Waals surface area contributed by atoms with Gasteiger partial charge in [0, 0.05) is 19.1 Å². The fraction of sp³-hybridized carbons (Fsp3) is 0.667. The summed E-state index contributed by atoms with van der Waals surface area (Å²) in [5, 5.41) is 3.81. The number of benzene rings is 1. The van der Waals surface area contributed by atoms with E-state index in [1.165, 1.54) is 51.7 Å². The van der Waals surface area contributed by atoms with Gasteiger partial charge in [-0.2, -0.15) is 0 Å². The summed E-state index contributed by atoms with van der Waals surface area (Å²) in [5.41, 5.74) is 3.14. The maximum atomic E-state index is 3.81. The molecule has 0 spiro atoms. The molecule has 0 radical (unpaired) electrons. The van der Waals surface area contributed by atoms with Crippen LogP contribution in [-0.2, 0) is 13.0 Å². The maximum absolute atomic E-state index is 3.81. The molecule has 1 aromatic carbocycles. The standard InChI is InChI=1S/C18H26N2/c1-2-6-16-12-20(10-4-8-14(16)5-1)13-18-17-9-3-7-15(17)11-19-18/h1-2,5-6,15,17-19H,3-4,7-13H2. The largest absolute Gasteiger partial charge is 0.312 e. The molecule has 4 rings (SSSR count). The van der Waals surface area contributed by atoms with Crippen molar-refractivity contribution >= 4 is 0 Å². The van der Waals surface area contributed by atoms with Crippen LogP contribution in [0.1, 0.15) is 36.8 Å². The van der Waals surface area contributed by atoms with E-state index in [4.69, 9.17) is 0 Å². The molecule has 0 amide bonds. The lowest BCUT2D eigenvalue weighted by Crippen LogP contribution is -2.40. The second-order valence-electron chi connectivity index (χ2n) is 6.98. The molecule has 1 aromatic rings. The van der Waals surface area contributed by atoms with E-state index < -0.39 is 0 Å². The van der Waals surface area contributed by atoms with Gasteiger partial charge in [0.05, 0.1) is 0 Å². The zero-order chi connectivity index (χ0) is 13.4. The van der Waals surface area contributed by atoms with Crippen molar-refractivity contribution in [1.82, 2.24) is 10.2 Å². The highest BCUT2D eigenvalue weighted by Crippen LogP contribution is 2.38. The van der Waals surface area contributed by atoms with Crippen molar-refractivity contribution in [2.45, 2.75) is 44.7 Å². The Morgan fingerprint density at radius 1 is 1.10 bits per heavy atom. The van der Waals surface area contributed by atoms with E-state index in [9.17, 15) is 0 Å². The van der Waals surface area contributed by atoms with Gasteiger partial charge in [-0.05, 0) is 61.7 Å². The number of nitrogens with one attached hydrogen (secondary N) is 1. The molecule has 1 N–H and O–H groups in total. The van der Waals surface area contributed by atoms with Crippen molar-refractivity contribution in [3.63, 3.8) is 0 Å². The van der Waals surface area contributed by atoms with E-state index in [2.05, 4.69) is 34.5 Å². The van der Waals surface area contributed by atoms with E-state index in [0.717, 1.165) is 24.4 Å². The van der Waals surface area contributed by atoms with Gasteiger partial charge in [-0.15, -0.1) is 0 Å². The molecule has 0 bridgehead atoms. The van der Waals surface area contributed by atoms with Crippen LogP contribution in [0.2, 0.25) is 0 Å². The summed E-state index contributed by atoms with van der Waals surface area (Å²) in [7, 11) is 0.